The van der Waals surface area contributed by atoms with Crippen molar-refractivity contribution in [3.63, 3.8) is 0 Å². The fraction of sp³-hybridized carbons (Fsp3) is 0. The molecule has 0 unspecified atom stereocenters. The van der Waals surface area contributed by atoms with Crippen LogP contribution < -0.4 is 5.43 Å². The van der Waals surface area contributed by atoms with Crippen molar-refractivity contribution in [3.05, 3.63) is 69.0 Å². The number of anilines is 1. The van der Waals surface area contributed by atoms with E-state index in [1.165, 1.54) is 11.3 Å². The molecule has 0 bridgehead atoms. The lowest BCUT2D eigenvalue weighted by Crippen LogP contribution is -2.01. The van der Waals surface area contributed by atoms with Gasteiger partial charge in [0.15, 0.2) is 10.7 Å². The van der Waals surface area contributed by atoms with E-state index in [-0.39, 0.29) is 5.71 Å². The Labute approximate surface area is 153 Å². The topological polar surface area (TPSA) is 61.1 Å². The summed E-state index contributed by atoms with van der Waals surface area (Å²) in [5.41, 5.74) is 5.27. The van der Waals surface area contributed by atoms with Crippen LogP contribution in [0, 0.1) is 11.3 Å². The quantitative estimate of drug-likeness (QED) is 0.488. The first kappa shape index (κ1) is 16.5. The van der Waals surface area contributed by atoms with Gasteiger partial charge in [-0.15, -0.1) is 11.3 Å². The average molecular weight is 373 g/mol. The summed E-state index contributed by atoms with van der Waals surface area (Å²) in [5, 5.41) is 16.9. The van der Waals surface area contributed by atoms with Crippen LogP contribution in [0.2, 0.25) is 10.0 Å². The van der Waals surface area contributed by atoms with Gasteiger partial charge < -0.3 is 0 Å². The highest BCUT2D eigenvalue weighted by Gasteiger charge is 2.10. The van der Waals surface area contributed by atoms with Gasteiger partial charge in [0.1, 0.15) is 6.07 Å². The summed E-state index contributed by atoms with van der Waals surface area (Å²) in [6.07, 6.45) is 0. The Morgan fingerprint density at radius 3 is 2.71 bits per heavy atom. The van der Waals surface area contributed by atoms with Crippen molar-refractivity contribution in [1.82, 2.24) is 4.98 Å². The number of hydrogen-bond donors (Lipinski definition) is 1. The second kappa shape index (κ2) is 7.45. The van der Waals surface area contributed by atoms with E-state index < -0.39 is 0 Å². The molecule has 0 fully saturated rings. The van der Waals surface area contributed by atoms with Crippen molar-refractivity contribution in [2.24, 2.45) is 5.10 Å². The van der Waals surface area contributed by atoms with Crippen LogP contribution in [0.25, 0.3) is 11.3 Å². The summed E-state index contributed by atoms with van der Waals surface area (Å²) < 4.78 is 0. The molecule has 1 heterocycles. The summed E-state index contributed by atoms with van der Waals surface area (Å²) in [4.78, 5) is 4.47. The Balaban J connectivity index is 1.86. The monoisotopic (exact) mass is 372 g/mol. The lowest BCUT2D eigenvalue weighted by molar-refractivity contribution is 1.31. The van der Waals surface area contributed by atoms with Gasteiger partial charge in [-0.1, -0.05) is 53.5 Å². The third-order valence-electron chi connectivity index (χ3n) is 3.10. The molecule has 7 heteroatoms. The molecule has 118 valence electrons. The first-order valence-electron chi connectivity index (χ1n) is 6.87. The Morgan fingerprint density at radius 2 is 1.96 bits per heavy atom. The highest BCUT2D eigenvalue weighted by Crippen LogP contribution is 2.26. The minimum Gasteiger partial charge on any atom is -0.276 e. The minimum absolute atomic E-state index is 0.179. The fourth-order valence-electron chi connectivity index (χ4n) is 1.94. The average Bonchev–Trinajstić information content (AvgIpc) is 3.09. The van der Waals surface area contributed by atoms with Gasteiger partial charge in [-0.25, -0.2) is 4.98 Å². The van der Waals surface area contributed by atoms with Crippen molar-refractivity contribution in [1.29, 1.82) is 5.26 Å². The van der Waals surface area contributed by atoms with Crippen molar-refractivity contribution in [2.75, 3.05) is 5.43 Å². The lowest BCUT2D eigenvalue weighted by Gasteiger charge is -2.03. The van der Waals surface area contributed by atoms with Gasteiger partial charge in [0.05, 0.1) is 16.4 Å². The van der Waals surface area contributed by atoms with Gasteiger partial charge in [0.25, 0.3) is 0 Å². The SMILES string of the molecule is N#C/C(=N/Nc1cc(Cl)ccc1Cl)c1nc(-c2ccccc2)cs1. The Hall–Kier alpha value is -2.39. The molecule has 0 aliphatic heterocycles. The normalized spacial score (nSPS) is 11.1. The standard InChI is InChI=1S/C17H10Cl2N4S/c18-12-6-7-13(19)14(8-12)22-23-15(9-20)17-21-16(10-24-17)11-4-2-1-3-5-11/h1-8,10,22H/b23-15-. The van der Waals surface area contributed by atoms with Gasteiger partial charge in [0.2, 0.25) is 0 Å². The molecule has 0 aliphatic carbocycles. The molecular formula is C17H10Cl2N4S. The zero-order valence-electron chi connectivity index (χ0n) is 12.2. The van der Waals surface area contributed by atoms with Crippen LogP contribution in [0.5, 0.6) is 0 Å². The third-order valence-corrected chi connectivity index (χ3v) is 4.51. The van der Waals surface area contributed by atoms with E-state index in [9.17, 15) is 5.26 Å². The van der Waals surface area contributed by atoms with E-state index in [0.29, 0.717) is 20.7 Å². The number of aromatic nitrogens is 1. The minimum atomic E-state index is 0.179. The van der Waals surface area contributed by atoms with Crippen LogP contribution >= 0.6 is 34.5 Å². The number of nitrogens with zero attached hydrogens (tertiary/aromatic N) is 3. The number of nitrogens with one attached hydrogen (secondary N) is 1. The maximum Gasteiger partial charge on any atom is 0.196 e. The summed E-state index contributed by atoms with van der Waals surface area (Å²) in [6.45, 7) is 0. The molecule has 3 aromatic rings. The third kappa shape index (κ3) is 3.74. The van der Waals surface area contributed by atoms with Gasteiger partial charge >= 0.3 is 0 Å². The number of nitriles is 1. The first-order chi connectivity index (χ1) is 11.7. The van der Waals surface area contributed by atoms with E-state index in [4.69, 9.17) is 23.2 Å². The second-order valence-corrected chi connectivity index (χ2v) is 6.41. The zero-order valence-corrected chi connectivity index (χ0v) is 14.5. The number of halogens is 2. The Kier molecular flexibility index (Phi) is 5.11. The van der Waals surface area contributed by atoms with Crippen molar-refractivity contribution in [3.8, 4) is 17.3 Å². The number of hydrazone groups is 1. The molecular weight excluding hydrogens is 363 g/mol. The van der Waals surface area contributed by atoms with Crippen molar-refractivity contribution >= 4 is 45.9 Å². The van der Waals surface area contributed by atoms with E-state index >= 15 is 0 Å². The predicted molar refractivity (Wildman–Crippen MR) is 99.8 cm³/mol. The molecule has 1 aromatic heterocycles. The highest BCUT2D eigenvalue weighted by molar-refractivity contribution is 7.12. The molecule has 0 atom stereocenters. The number of thiazole rings is 1. The van der Waals surface area contributed by atoms with Crippen LogP contribution in [-0.2, 0) is 0 Å². The van der Waals surface area contributed by atoms with Crippen LogP contribution in [0.4, 0.5) is 5.69 Å². The molecule has 0 saturated heterocycles. The molecule has 24 heavy (non-hydrogen) atoms. The van der Waals surface area contributed by atoms with Crippen LogP contribution in [0.1, 0.15) is 5.01 Å². The number of benzene rings is 2. The highest BCUT2D eigenvalue weighted by atomic mass is 35.5. The fourth-order valence-corrected chi connectivity index (χ4v) is 3.04. The van der Waals surface area contributed by atoms with Crippen molar-refractivity contribution < 1.29 is 0 Å². The largest absolute Gasteiger partial charge is 0.276 e. The van der Waals surface area contributed by atoms with Gasteiger partial charge in [-0.05, 0) is 18.2 Å². The van der Waals surface area contributed by atoms with Gasteiger partial charge in [0, 0.05) is 16.0 Å². The molecule has 0 aliphatic rings. The number of hydrogen-bond acceptors (Lipinski definition) is 5. The second-order valence-electron chi connectivity index (χ2n) is 4.71. The lowest BCUT2D eigenvalue weighted by atomic mass is 10.2. The van der Waals surface area contributed by atoms with Crippen LogP contribution in [0.3, 0.4) is 0 Å². The van der Waals surface area contributed by atoms with Gasteiger partial charge in [-0.2, -0.15) is 10.4 Å². The van der Waals surface area contributed by atoms with Crippen molar-refractivity contribution in [2.45, 2.75) is 0 Å². The van der Waals surface area contributed by atoms with E-state index in [1.54, 1.807) is 18.2 Å². The molecule has 0 amide bonds. The molecule has 0 radical (unpaired) electrons. The van der Waals surface area contributed by atoms with E-state index in [2.05, 4.69) is 15.5 Å². The molecule has 0 saturated carbocycles. The van der Waals surface area contributed by atoms with Crippen LogP contribution in [0.15, 0.2) is 59.0 Å². The Bertz CT molecular complexity index is 929. The zero-order chi connectivity index (χ0) is 16.9. The summed E-state index contributed by atoms with van der Waals surface area (Å²) in [5.74, 6) is 0. The molecule has 3 rings (SSSR count). The molecule has 0 spiro atoms. The van der Waals surface area contributed by atoms with Crippen LogP contribution in [-0.4, -0.2) is 10.7 Å². The van der Waals surface area contributed by atoms with E-state index in [0.717, 1.165) is 11.3 Å². The first-order valence-corrected chi connectivity index (χ1v) is 8.51. The number of rotatable bonds is 4. The molecule has 1 N–H and O–H groups in total. The van der Waals surface area contributed by atoms with Gasteiger partial charge in [-0.3, -0.25) is 5.43 Å². The molecule has 2 aromatic carbocycles. The predicted octanol–water partition coefficient (Wildman–Crippen LogP) is 5.46. The Morgan fingerprint density at radius 1 is 1.17 bits per heavy atom. The maximum absolute atomic E-state index is 9.35. The summed E-state index contributed by atoms with van der Waals surface area (Å²) in [6, 6.07) is 16.8. The smallest absolute Gasteiger partial charge is 0.196 e. The summed E-state index contributed by atoms with van der Waals surface area (Å²) >= 11 is 13.4. The summed E-state index contributed by atoms with van der Waals surface area (Å²) in [7, 11) is 0. The molecule has 4 nitrogen and oxygen atoms in total. The van der Waals surface area contributed by atoms with E-state index in [1.807, 2.05) is 41.8 Å². The maximum atomic E-state index is 9.35.